The summed E-state index contributed by atoms with van der Waals surface area (Å²) in [4.78, 5) is 13.8. The van der Waals surface area contributed by atoms with Gasteiger partial charge in [0.15, 0.2) is 11.5 Å². The first-order chi connectivity index (χ1) is 12.7. The molecule has 1 saturated heterocycles. The zero-order valence-electron chi connectivity index (χ0n) is 15.2. The second kappa shape index (κ2) is 8.23. The maximum Gasteiger partial charge on any atom is 0.320 e. The quantitative estimate of drug-likeness (QED) is 0.820. The van der Waals surface area contributed by atoms with E-state index in [1.54, 1.807) is 7.11 Å². The van der Waals surface area contributed by atoms with Gasteiger partial charge >= 0.3 is 5.97 Å². The van der Waals surface area contributed by atoms with Gasteiger partial charge in [0, 0.05) is 6.54 Å². The Bertz CT molecular complexity index is 747. The van der Waals surface area contributed by atoms with Crippen molar-refractivity contribution in [2.75, 3.05) is 20.3 Å². The number of ether oxygens (including phenoxy) is 2. The van der Waals surface area contributed by atoms with Crippen molar-refractivity contribution in [3.63, 3.8) is 0 Å². The monoisotopic (exact) mass is 355 g/mol. The Kier molecular flexibility index (Phi) is 5.78. The lowest BCUT2D eigenvalue weighted by Gasteiger charge is -2.32. The van der Waals surface area contributed by atoms with E-state index < -0.39 is 12.0 Å². The molecule has 0 spiro atoms. The molecule has 1 aliphatic rings. The summed E-state index contributed by atoms with van der Waals surface area (Å²) in [5.74, 6) is 0.597. The number of hydrogen-bond donors (Lipinski definition) is 1. The lowest BCUT2D eigenvalue weighted by atomic mass is 9.96. The molecule has 1 heterocycles. The Morgan fingerprint density at radius 1 is 1.19 bits per heavy atom. The van der Waals surface area contributed by atoms with Crippen molar-refractivity contribution in [1.29, 1.82) is 0 Å². The van der Waals surface area contributed by atoms with E-state index in [1.807, 2.05) is 55.5 Å². The first-order valence-electron chi connectivity index (χ1n) is 9.00. The van der Waals surface area contributed by atoms with Crippen LogP contribution in [-0.2, 0) is 4.79 Å². The van der Waals surface area contributed by atoms with E-state index in [1.165, 1.54) is 0 Å². The molecule has 2 aromatic rings. The molecule has 1 N–H and O–H groups in total. The van der Waals surface area contributed by atoms with Crippen molar-refractivity contribution < 1.29 is 19.4 Å². The van der Waals surface area contributed by atoms with Crippen LogP contribution in [0.15, 0.2) is 48.5 Å². The number of nitrogens with zero attached hydrogens (tertiary/aromatic N) is 1. The van der Waals surface area contributed by atoms with Crippen LogP contribution in [0.3, 0.4) is 0 Å². The van der Waals surface area contributed by atoms with Gasteiger partial charge in [-0.15, -0.1) is 0 Å². The first-order valence-corrected chi connectivity index (χ1v) is 9.00. The van der Waals surface area contributed by atoms with Crippen LogP contribution < -0.4 is 9.47 Å². The molecule has 0 bridgehead atoms. The predicted octanol–water partition coefficient (Wildman–Crippen LogP) is 3.73. The molecular formula is C21H25NO4. The third-order valence-corrected chi connectivity index (χ3v) is 4.83. The minimum absolute atomic E-state index is 0.134. The standard InChI is InChI=1S/C21H25NO4/c1-3-26-19-14-16(11-12-18(19)25-2)20(15-8-5-4-6-9-15)22-13-7-10-17(22)21(23)24/h4-6,8-9,11-12,14,17,20H,3,7,10,13H2,1-2H3,(H,23,24). The highest BCUT2D eigenvalue weighted by atomic mass is 16.5. The van der Waals surface area contributed by atoms with Crippen molar-refractivity contribution in [2.24, 2.45) is 0 Å². The smallest absolute Gasteiger partial charge is 0.320 e. The molecule has 138 valence electrons. The molecule has 2 unspecified atom stereocenters. The summed E-state index contributed by atoms with van der Waals surface area (Å²) in [6, 6.07) is 15.3. The Morgan fingerprint density at radius 2 is 1.96 bits per heavy atom. The van der Waals surface area contributed by atoms with E-state index in [0.717, 1.165) is 24.1 Å². The van der Waals surface area contributed by atoms with Gasteiger partial charge in [-0.1, -0.05) is 36.4 Å². The van der Waals surface area contributed by atoms with Crippen LogP contribution in [0, 0.1) is 0 Å². The van der Waals surface area contributed by atoms with Gasteiger partial charge in [-0.05, 0) is 43.0 Å². The minimum atomic E-state index is -0.762. The molecule has 5 heteroatoms. The maximum absolute atomic E-state index is 11.8. The van der Waals surface area contributed by atoms with E-state index in [4.69, 9.17) is 9.47 Å². The summed E-state index contributed by atoms with van der Waals surface area (Å²) < 4.78 is 11.1. The molecule has 0 saturated carbocycles. The third-order valence-electron chi connectivity index (χ3n) is 4.83. The van der Waals surface area contributed by atoms with E-state index in [0.29, 0.717) is 24.5 Å². The van der Waals surface area contributed by atoms with E-state index >= 15 is 0 Å². The van der Waals surface area contributed by atoms with Gasteiger partial charge < -0.3 is 14.6 Å². The molecule has 0 radical (unpaired) electrons. The highest BCUT2D eigenvalue weighted by Crippen LogP contribution is 2.38. The zero-order valence-corrected chi connectivity index (χ0v) is 15.2. The predicted molar refractivity (Wildman–Crippen MR) is 99.8 cm³/mol. The van der Waals surface area contributed by atoms with Crippen LogP contribution in [0.4, 0.5) is 0 Å². The van der Waals surface area contributed by atoms with Crippen molar-refractivity contribution in [3.05, 3.63) is 59.7 Å². The van der Waals surface area contributed by atoms with Crippen molar-refractivity contribution in [1.82, 2.24) is 4.90 Å². The van der Waals surface area contributed by atoms with Crippen LogP contribution in [0.1, 0.15) is 36.9 Å². The number of carboxylic acids is 1. The summed E-state index contributed by atoms with van der Waals surface area (Å²) in [6.45, 7) is 3.23. The Balaban J connectivity index is 2.07. The van der Waals surface area contributed by atoms with E-state index in [-0.39, 0.29) is 6.04 Å². The molecule has 1 fully saturated rings. The molecule has 26 heavy (non-hydrogen) atoms. The number of likely N-dealkylation sites (tertiary alicyclic amines) is 1. The van der Waals surface area contributed by atoms with Gasteiger partial charge in [0.05, 0.1) is 19.8 Å². The molecule has 2 aromatic carbocycles. The molecule has 5 nitrogen and oxygen atoms in total. The number of carboxylic acid groups (broad SMARTS) is 1. The number of hydrogen-bond acceptors (Lipinski definition) is 4. The lowest BCUT2D eigenvalue weighted by molar-refractivity contribution is -0.142. The third kappa shape index (κ3) is 3.68. The Morgan fingerprint density at radius 3 is 2.62 bits per heavy atom. The summed E-state index contributed by atoms with van der Waals surface area (Å²) in [7, 11) is 1.62. The number of carbonyl (C=O) groups is 1. The fourth-order valence-corrected chi connectivity index (χ4v) is 3.71. The van der Waals surface area contributed by atoms with Gasteiger partial charge in [-0.3, -0.25) is 9.69 Å². The number of benzene rings is 2. The lowest BCUT2D eigenvalue weighted by Crippen LogP contribution is -2.39. The fraction of sp³-hybridized carbons (Fsp3) is 0.381. The highest BCUT2D eigenvalue weighted by molar-refractivity contribution is 5.74. The Hall–Kier alpha value is -2.53. The largest absolute Gasteiger partial charge is 0.493 e. The van der Waals surface area contributed by atoms with Crippen LogP contribution >= 0.6 is 0 Å². The summed E-state index contributed by atoms with van der Waals surface area (Å²) >= 11 is 0. The minimum Gasteiger partial charge on any atom is -0.493 e. The molecule has 2 atom stereocenters. The van der Waals surface area contributed by atoms with Crippen LogP contribution in [-0.4, -0.2) is 42.3 Å². The summed E-state index contributed by atoms with van der Waals surface area (Å²) in [5, 5.41) is 9.66. The maximum atomic E-state index is 11.8. The topological polar surface area (TPSA) is 59.0 Å². The van der Waals surface area contributed by atoms with Crippen molar-refractivity contribution in [2.45, 2.75) is 31.8 Å². The van der Waals surface area contributed by atoms with Crippen LogP contribution in [0.2, 0.25) is 0 Å². The number of methoxy groups -OCH3 is 1. The van der Waals surface area contributed by atoms with Gasteiger partial charge in [0.1, 0.15) is 6.04 Å². The molecule has 0 aromatic heterocycles. The summed E-state index contributed by atoms with van der Waals surface area (Å²) in [6.07, 6.45) is 1.56. The molecule has 0 aliphatic carbocycles. The zero-order chi connectivity index (χ0) is 18.5. The first kappa shape index (κ1) is 18.3. The van der Waals surface area contributed by atoms with Crippen LogP contribution in [0.5, 0.6) is 11.5 Å². The van der Waals surface area contributed by atoms with E-state index in [2.05, 4.69) is 4.90 Å². The second-order valence-corrected chi connectivity index (χ2v) is 6.39. The average Bonchev–Trinajstić information content (AvgIpc) is 3.13. The fourth-order valence-electron chi connectivity index (χ4n) is 3.71. The second-order valence-electron chi connectivity index (χ2n) is 6.39. The van der Waals surface area contributed by atoms with Crippen LogP contribution in [0.25, 0.3) is 0 Å². The summed E-state index contributed by atoms with van der Waals surface area (Å²) in [5.41, 5.74) is 2.09. The molecular weight excluding hydrogens is 330 g/mol. The molecule has 3 rings (SSSR count). The van der Waals surface area contributed by atoms with Crippen molar-refractivity contribution in [3.8, 4) is 11.5 Å². The highest BCUT2D eigenvalue weighted by Gasteiger charge is 2.37. The van der Waals surface area contributed by atoms with Crippen molar-refractivity contribution >= 4 is 5.97 Å². The number of aliphatic carboxylic acids is 1. The number of rotatable bonds is 7. The average molecular weight is 355 g/mol. The normalized spacial score (nSPS) is 18.5. The molecule has 1 aliphatic heterocycles. The van der Waals surface area contributed by atoms with Gasteiger partial charge in [0.25, 0.3) is 0 Å². The molecule has 0 amide bonds. The van der Waals surface area contributed by atoms with E-state index in [9.17, 15) is 9.90 Å². The Labute approximate surface area is 154 Å². The van der Waals surface area contributed by atoms with Gasteiger partial charge in [0.2, 0.25) is 0 Å². The van der Waals surface area contributed by atoms with Gasteiger partial charge in [-0.25, -0.2) is 0 Å². The SMILES string of the molecule is CCOc1cc(C(c2ccccc2)N2CCCC2C(=O)O)ccc1OC. The van der Waals surface area contributed by atoms with Gasteiger partial charge in [-0.2, -0.15) is 0 Å².